The van der Waals surface area contributed by atoms with E-state index in [4.69, 9.17) is 4.74 Å². The number of aromatic hydroxyl groups is 1. The molecule has 0 radical (unpaired) electrons. The van der Waals surface area contributed by atoms with Crippen molar-refractivity contribution in [2.45, 2.75) is 25.8 Å². The predicted octanol–water partition coefficient (Wildman–Crippen LogP) is 5.62. The topological polar surface area (TPSA) is 32.7 Å². The van der Waals surface area contributed by atoms with Crippen LogP contribution in [-0.2, 0) is 6.42 Å². The zero-order chi connectivity index (χ0) is 17.9. The second kappa shape index (κ2) is 7.12. The van der Waals surface area contributed by atoms with Crippen molar-refractivity contribution >= 4 is 11.4 Å². The summed E-state index contributed by atoms with van der Waals surface area (Å²) in [6.07, 6.45) is 2.11. The third kappa shape index (κ3) is 3.13. The van der Waals surface area contributed by atoms with Gasteiger partial charge in [0.15, 0.2) is 0 Å². The van der Waals surface area contributed by atoms with Crippen LogP contribution in [0.1, 0.15) is 30.5 Å². The predicted molar refractivity (Wildman–Crippen MR) is 105 cm³/mol. The third-order valence-corrected chi connectivity index (χ3v) is 4.95. The number of fused-ring (bicyclic) bond motifs is 1. The minimum atomic E-state index is 0.255. The molecule has 3 heteroatoms. The van der Waals surface area contributed by atoms with Gasteiger partial charge in [-0.3, -0.25) is 0 Å². The first-order valence-corrected chi connectivity index (χ1v) is 9.15. The van der Waals surface area contributed by atoms with Crippen LogP contribution in [0.25, 0.3) is 0 Å². The van der Waals surface area contributed by atoms with Crippen LogP contribution >= 0.6 is 0 Å². The van der Waals surface area contributed by atoms with Gasteiger partial charge in [0.25, 0.3) is 0 Å². The van der Waals surface area contributed by atoms with E-state index in [0.29, 0.717) is 6.61 Å². The summed E-state index contributed by atoms with van der Waals surface area (Å²) in [6.45, 7) is 2.67. The Balaban J connectivity index is 1.76. The van der Waals surface area contributed by atoms with Gasteiger partial charge in [0.05, 0.1) is 12.6 Å². The molecule has 0 aliphatic carbocycles. The summed E-state index contributed by atoms with van der Waals surface area (Å²) in [5.74, 6) is 1.19. The van der Waals surface area contributed by atoms with Crippen molar-refractivity contribution in [1.29, 1.82) is 0 Å². The average molecular weight is 345 g/mol. The molecular formula is C23H23NO2. The lowest BCUT2D eigenvalue weighted by molar-refractivity contribution is 0.340. The van der Waals surface area contributed by atoms with E-state index in [1.807, 2.05) is 31.2 Å². The second-order valence-corrected chi connectivity index (χ2v) is 6.57. The van der Waals surface area contributed by atoms with Gasteiger partial charge in [-0.05, 0) is 73.4 Å². The highest BCUT2D eigenvalue weighted by molar-refractivity contribution is 5.70. The number of phenols is 1. The fourth-order valence-electron chi connectivity index (χ4n) is 3.75. The van der Waals surface area contributed by atoms with Crippen LogP contribution in [0.15, 0.2) is 72.8 Å². The highest BCUT2D eigenvalue weighted by atomic mass is 16.5. The van der Waals surface area contributed by atoms with Gasteiger partial charge >= 0.3 is 0 Å². The number of rotatable bonds is 4. The Morgan fingerprint density at radius 2 is 1.69 bits per heavy atom. The molecular weight excluding hydrogens is 322 g/mol. The van der Waals surface area contributed by atoms with Crippen molar-refractivity contribution in [3.63, 3.8) is 0 Å². The summed E-state index contributed by atoms with van der Waals surface area (Å²) in [7, 11) is 0. The maximum absolute atomic E-state index is 9.68. The molecule has 0 amide bonds. The Morgan fingerprint density at radius 1 is 0.962 bits per heavy atom. The Kier molecular flexibility index (Phi) is 4.53. The molecule has 0 bridgehead atoms. The summed E-state index contributed by atoms with van der Waals surface area (Å²) < 4.78 is 5.59. The highest BCUT2D eigenvalue weighted by Crippen LogP contribution is 2.44. The largest absolute Gasteiger partial charge is 0.508 e. The van der Waals surface area contributed by atoms with E-state index < -0.39 is 0 Å². The minimum Gasteiger partial charge on any atom is -0.508 e. The molecule has 1 aliphatic heterocycles. The van der Waals surface area contributed by atoms with E-state index in [-0.39, 0.29) is 11.8 Å². The summed E-state index contributed by atoms with van der Waals surface area (Å²) >= 11 is 0. The van der Waals surface area contributed by atoms with Gasteiger partial charge in [-0.15, -0.1) is 0 Å². The summed E-state index contributed by atoms with van der Waals surface area (Å²) in [6, 6.07) is 24.7. The zero-order valence-electron chi connectivity index (χ0n) is 14.9. The minimum absolute atomic E-state index is 0.255. The Labute approximate surface area is 154 Å². The number of hydrogen-bond donors (Lipinski definition) is 1. The van der Waals surface area contributed by atoms with Gasteiger partial charge in [0.1, 0.15) is 11.5 Å². The van der Waals surface area contributed by atoms with E-state index in [0.717, 1.165) is 24.3 Å². The van der Waals surface area contributed by atoms with E-state index >= 15 is 0 Å². The maximum Gasteiger partial charge on any atom is 0.119 e. The molecule has 3 nitrogen and oxygen atoms in total. The van der Waals surface area contributed by atoms with Crippen LogP contribution in [0.3, 0.4) is 0 Å². The molecule has 1 atom stereocenters. The van der Waals surface area contributed by atoms with Crippen LogP contribution in [-0.4, -0.2) is 11.7 Å². The van der Waals surface area contributed by atoms with Crippen molar-refractivity contribution in [2.75, 3.05) is 11.5 Å². The van der Waals surface area contributed by atoms with E-state index in [9.17, 15) is 5.11 Å². The Bertz CT molecular complexity index is 871. The number of nitrogens with zero attached hydrogens (tertiary/aromatic N) is 1. The molecule has 1 aliphatic rings. The lowest BCUT2D eigenvalue weighted by Crippen LogP contribution is -2.29. The highest BCUT2D eigenvalue weighted by Gasteiger charge is 2.28. The number of phenolic OH excluding ortho intramolecular Hbond substituents is 1. The number of ether oxygens (including phenoxy) is 1. The number of hydrogen-bond acceptors (Lipinski definition) is 3. The molecule has 4 rings (SSSR count). The van der Waals surface area contributed by atoms with Gasteiger partial charge in [-0.25, -0.2) is 0 Å². The van der Waals surface area contributed by atoms with Crippen LogP contribution < -0.4 is 9.64 Å². The zero-order valence-corrected chi connectivity index (χ0v) is 14.9. The van der Waals surface area contributed by atoms with Crippen LogP contribution in [0.5, 0.6) is 11.5 Å². The number of benzene rings is 3. The van der Waals surface area contributed by atoms with E-state index in [1.165, 1.54) is 16.8 Å². The average Bonchev–Trinajstić information content (AvgIpc) is 2.69. The Morgan fingerprint density at radius 3 is 2.42 bits per heavy atom. The fourth-order valence-corrected chi connectivity index (χ4v) is 3.75. The molecule has 0 fully saturated rings. The van der Waals surface area contributed by atoms with Gasteiger partial charge < -0.3 is 14.7 Å². The monoisotopic (exact) mass is 345 g/mol. The lowest BCUT2D eigenvalue weighted by atomic mass is 9.90. The molecule has 132 valence electrons. The molecule has 0 saturated carbocycles. The van der Waals surface area contributed by atoms with Gasteiger partial charge in [0, 0.05) is 11.4 Å². The summed E-state index contributed by atoms with van der Waals surface area (Å²) in [5, 5.41) is 9.68. The Hall–Kier alpha value is -2.94. The first-order valence-electron chi connectivity index (χ1n) is 9.15. The van der Waals surface area contributed by atoms with Gasteiger partial charge in [0.2, 0.25) is 0 Å². The molecule has 0 spiro atoms. The van der Waals surface area contributed by atoms with Crippen LogP contribution in [0.4, 0.5) is 11.4 Å². The lowest BCUT2D eigenvalue weighted by Gasteiger charge is -2.39. The standard InChI is InChI=1S/C23H23NO2/c1-2-26-21-14-7-18(8-15-21)23-16-9-17-5-3-4-6-22(17)24(23)19-10-12-20(25)13-11-19/h3-8,10-15,23,25H,2,9,16H2,1H3. The quantitative estimate of drug-likeness (QED) is 0.666. The van der Waals surface area contributed by atoms with Crippen molar-refractivity contribution < 1.29 is 9.84 Å². The fraction of sp³-hybridized carbons (Fsp3) is 0.217. The number of aryl methyl sites for hydroxylation is 1. The third-order valence-electron chi connectivity index (χ3n) is 4.95. The van der Waals surface area contributed by atoms with Gasteiger partial charge in [-0.2, -0.15) is 0 Å². The first kappa shape index (κ1) is 16.5. The SMILES string of the molecule is CCOc1ccc(C2CCc3ccccc3N2c2ccc(O)cc2)cc1. The normalized spacial score (nSPS) is 16.2. The van der Waals surface area contributed by atoms with Crippen molar-refractivity contribution in [2.24, 2.45) is 0 Å². The van der Waals surface area contributed by atoms with E-state index in [1.54, 1.807) is 12.1 Å². The second-order valence-electron chi connectivity index (χ2n) is 6.57. The maximum atomic E-state index is 9.68. The molecule has 0 saturated heterocycles. The summed E-state index contributed by atoms with van der Waals surface area (Å²) in [5.41, 5.74) is 4.97. The molecule has 3 aromatic rings. The summed E-state index contributed by atoms with van der Waals surface area (Å²) in [4.78, 5) is 2.38. The molecule has 1 heterocycles. The number of para-hydroxylation sites is 1. The molecule has 26 heavy (non-hydrogen) atoms. The number of anilines is 2. The molecule has 0 aromatic heterocycles. The molecule has 1 N–H and O–H groups in total. The first-order chi connectivity index (χ1) is 12.8. The van der Waals surface area contributed by atoms with Crippen molar-refractivity contribution in [3.05, 3.63) is 83.9 Å². The van der Waals surface area contributed by atoms with Gasteiger partial charge in [-0.1, -0.05) is 30.3 Å². The van der Waals surface area contributed by atoms with Crippen LogP contribution in [0.2, 0.25) is 0 Å². The van der Waals surface area contributed by atoms with Crippen molar-refractivity contribution in [3.8, 4) is 11.5 Å². The van der Waals surface area contributed by atoms with Crippen molar-refractivity contribution in [1.82, 2.24) is 0 Å². The molecule has 1 unspecified atom stereocenters. The van der Waals surface area contributed by atoms with E-state index in [2.05, 4.69) is 41.3 Å². The smallest absolute Gasteiger partial charge is 0.119 e. The molecule has 3 aromatic carbocycles. The van der Waals surface area contributed by atoms with Crippen LogP contribution in [0, 0.1) is 0 Å².